The summed E-state index contributed by atoms with van der Waals surface area (Å²) < 4.78 is 50.7. The number of carbonyl (C=O) groups is 1. The van der Waals surface area contributed by atoms with Crippen LogP contribution in [0.25, 0.3) is 28.5 Å². The molecule has 19 heteroatoms. The van der Waals surface area contributed by atoms with Crippen LogP contribution in [0.2, 0.25) is 0 Å². The Morgan fingerprint density at radius 2 is 1.62 bits per heavy atom. The predicted octanol–water partition coefficient (Wildman–Crippen LogP) is -0.385. The van der Waals surface area contributed by atoms with Gasteiger partial charge in [0.1, 0.15) is 11.5 Å². The first kappa shape index (κ1) is 32.2. The number of sulfonamides is 2. The van der Waals surface area contributed by atoms with Gasteiger partial charge in [-0.3, -0.25) is 14.7 Å². The average Bonchev–Trinajstić information content (AvgIpc) is 3.77. The van der Waals surface area contributed by atoms with Crippen molar-refractivity contribution in [3.8, 4) is 52.1 Å². The van der Waals surface area contributed by atoms with Crippen LogP contribution < -0.4 is 10.3 Å². The molecular weight excluding hydrogens is 661 g/mol. The minimum Gasteiger partial charge on any atom is -0.300 e. The quantitative estimate of drug-likeness (QED) is 0.193. The Balaban J connectivity index is 1.52. The van der Waals surface area contributed by atoms with E-state index >= 15 is 0 Å². The first-order valence-corrected chi connectivity index (χ1v) is 17.1. The van der Waals surface area contributed by atoms with Gasteiger partial charge >= 0.3 is 0 Å². The fourth-order valence-electron chi connectivity index (χ4n) is 4.89. The number of likely N-dealkylation sites (tertiary alicyclic amines) is 1. The van der Waals surface area contributed by atoms with Gasteiger partial charge in [-0.25, -0.2) is 27.1 Å². The van der Waals surface area contributed by atoms with Crippen molar-refractivity contribution in [3.05, 3.63) is 71.5 Å². The number of hydrogen-bond donors (Lipinski definition) is 3. The number of rotatable bonds is 6. The highest BCUT2D eigenvalue weighted by atomic mass is 32.2. The Labute approximate surface area is 273 Å². The number of benzene rings is 2. The van der Waals surface area contributed by atoms with Gasteiger partial charge in [0.05, 0.1) is 33.0 Å². The third kappa shape index (κ3) is 7.00. The van der Waals surface area contributed by atoms with E-state index in [-0.39, 0.29) is 61.7 Å². The molecule has 242 valence electrons. The lowest BCUT2D eigenvalue weighted by Gasteiger charge is -2.23. The first-order valence-electron chi connectivity index (χ1n) is 14.0. The Kier molecular flexibility index (Phi) is 8.86. The summed E-state index contributed by atoms with van der Waals surface area (Å²) in [6, 6.07) is 10.4. The molecule has 2 aromatic carbocycles. The largest absolute Gasteiger partial charge is 0.300 e. The highest BCUT2D eigenvalue weighted by Gasteiger charge is 2.27. The second kappa shape index (κ2) is 13.2. The summed E-state index contributed by atoms with van der Waals surface area (Å²) in [6.45, 7) is 1.31. The Morgan fingerprint density at radius 3 is 2.31 bits per heavy atom. The predicted molar refractivity (Wildman–Crippen MR) is 168 cm³/mol. The number of hydrogen-bond acceptors (Lipinski definition) is 13. The summed E-state index contributed by atoms with van der Waals surface area (Å²) in [7, 11) is -8.62. The number of nitrogens with two attached hydrogens (primary N) is 2. The minimum absolute atomic E-state index is 0.00512. The number of H-pyrrole nitrogens is 1. The summed E-state index contributed by atoms with van der Waals surface area (Å²) in [4.78, 5) is 18.1. The maximum absolute atomic E-state index is 12.7. The van der Waals surface area contributed by atoms with Gasteiger partial charge in [0.2, 0.25) is 31.7 Å². The lowest BCUT2D eigenvalue weighted by molar-refractivity contribution is -0.121. The van der Waals surface area contributed by atoms with Crippen LogP contribution in [-0.4, -0.2) is 93.0 Å². The van der Waals surface area contributed by atoms with Crippen LogP contribution in [0.5, 0.6) is 0 Å². The molecule has 4 heterocycles. The molecule has 0 radical (unpaired) electrons. The molecule has 1 aliphatic heterocycles. The van der Waals surface area contributed by atoms with Gasteiger partial charge in [-0.2, -0.15) is 5.21 Å². The number of pyridine rings is 1. The third-order valence-electron chi connectivity index (χ3n) is 7.14. The van der Waals surface area contributed by atoms with Crippen LogP contribution in [0.3, 0.4) is 0 Å². The highest BCUT2D eigenvalue weighted by molar-refractivity contribution is 7.89. The summed E-state index contributed by atoms with van der Waals surface area (Å²) in [5.74, 6) is 11.8. The van der Waals surface area contributed by atoms with Gasteiger partial charge in [0.25, 0.3) is 0 Å². The normalized spacial score (nSPS) is 13.8. The zero-order chi connectivity index (χ0) is 33.9. The molecule has 0 spiro atoms. The van der Waals surface area contributed by atoms with Crippen LogP contribution in [-0.2, 0) is 24.8 Å². The summed E-state index contributed by atoms with van der Waals surface area (Å²) in [5, 5.41) is 37.6. The lowest BCUT2D eigenvalue weighted by atomic mass is 10.0. The van der Waals surface area contributed by atoms with E-state index in [1.165, 1.54) is 24.3 Å². The number of piperidine rings is 1. The van der Waals surface area contributed by atoms with Gasteiger partial charge in [-0.05, 0) is 46.8 Å². The fraction of sp³-hybridized carbons (Fsp3) is 0.172. The molecule has 0 bridgehead atoms. The second-order valence-corrected chi connectivity index (χ2v) is 13.4. The maximum atomic E-state index is 12.7. The highest BCUT2D eigenvalue weighted by Crippen LogP contribution is 2.32. The Bertz CT molecular complexity index is 2360. The van der Waals surface area contributed by atoms with Crippen LogP contribution in [0.4, 0.5) is 0 Å². The van der Waals surface area contributed by atoms with Gasteiger partial charge in [-0.1, -0.05) is 29.7 Å². The number of tetrazole rings is 2. The molecule has 1 saturated heterocycles. The van der Waals surface area contributed by atoms with Crippen LogP contribution in [0.1, 0.15) is 29.5 Å². The van der Waals surface area contributed by atoms with Crippen LogP contribution in [0.15, 0.2) is 64.6 Å². The smallest absolute Gasteiger partial charge is 0.238 e. The molecule has 0 atom stereocenters. The molecule has 1 fully saturated rings. The molecule has 0 aliphatic carbocycles. The first-order chi connectivity index (χ1) is 23.0. The summed E-state index contributed by atoms with van der Waals surface area (Å²) in [6.07, 6.45) is 3.95. The molecule has 3 aromatic heterocycles. The molecule has 0 amide bonds. The van der Waals surface area contributed by atoms with E-state index in [9.17, 15) is 21.6 Å². The SMILES string of the molecule is NS(=O)(=O)c1cccc(C#Cc2cccnc2)c1-c1nnn(-c2ccc(S(N)(=O)=O)c(-c3nn[nH]n3)c2C#CCN2CCC(=O)CC2)n1. The summed E-state index contributed by atoms with van der Waals surface area (Å²) in [5.41, 5.74) is 0.937. The zero-order valence-corrected chi connectivity index (χ0v) is 26.4. The van der Waals surface area contributed by atoms with Gasteiger partial charge in [0.15, 0.2) is 0 Å². The van der Waals surface area contributed by atoms with Crippen molar-refractivity contribution >= 4 is 25.8 Å². The van der Waals surface area contributed by atoms with Crippen molar-refractivity contribution in [3.63, 3.8) is 0 Å². The van der Waals surface area contributed by atoms with Crippen LogP contribution >= 0.6 is 0 Å². The van der Waals surface area contributed by atoms with Crippen molar-refractivity contribution in [2.75, 3.05) is 19.6 Å². The van der Waals surface area contributed by atoms with Crippen LogP contribution in [0, 0.1) is 23.7 Å². The van der Waals surface area contributed by atoms with Crippen molar-refractivity contribution in [2.45, 2.75) is 22.6 Å². The maximum Gasteiger partial charge on any atom is 0.238 e. The van der Waals surface area contributed by atoms with E-state index in [1.807, 2.05) is 4.90 Å². The Hall–Kier alpha value is -5.70. The fourth-order valence-corrected chi connectivity index (χ4v) is 6.38. The number of aromatic amines is 1. The van der Waals surface area contributed by atoms with Crippen molar-refractivity contribution in [2.24, 2.45) is 10.3 Å². The Morgan fingerprint density at radius 1 is 0.854 bits per heavy atom. The van der Waals surface area contributed by atoms with E-state index < -0.39 is 20.0 Å². The second-order valence-electron chi connectivity index (χ2n) is 10.3. The topological polar surface area (TPSA) is 252 Å². The van der Waals surface area contributed by atoms with Gasteiger partial charge < -0.3 is 0 Å². The zero-order valence-electron chi connectivity index (χ0n) is 24.8. The van der Waals surface area contributed by atoms with Gasteiger partial charge in [-0.15, -0.1) is 25.2 Å². The molecule has 0 saturated carbocycles. The van der Waals surface area contributed by atoms with E-state index in [0.29, 0.717) is 31.5 Å². The molecule has 0 unspecified atom stereocenters. The molecular formula is C29H24N12O5S2. The monoisotopic (exact) mass is 684 g/mol. The lowest BCUT2D eigenvalue weighted by Crippen LogP contribution is -2.33. The molecule has 5 aromatic rings. The van der Waals surface area contributed by atoms with Crippen molar-refractivity contribution < 1.29 is 21.6 Å². The van der Waals surface area contributed by atoms with Gasteiger partial charge in [0, 0.05) is 49.5 Å². The van der Waals surface area contributed by atoms with Crippen molar-refractivity contribution in [1.29, 1.82) is 0 Å². The molecule has 17 nitrogen and oxygen atoms in total. The van der Waals surface area contributed by atoms with E-state index in [0.717, 1.165) is 4.80 Å². The van der Waals surface area contributed by atoms with E-state index in [4.69, 9.17) is 10.3 Å². The number of carbonyl (C=O) groups excluding carboxylic acids is 1. The molecule has 5 N–H and O–H groups in total. The number of ketones is 1. The molecule has 6 rings (SSSR count). The number of aromatic nitrogens is 9. The average molecular weight is 685 g/mol. The number of primary sulfonamides is 2. The molecule has 1 aliphatic rings. The minimum atomic E-state index is -4.33. The standard InChI is InChI=1S/C29H24N12O5S2/c30-47(43,44)24-7-1-5-20(9-8-19-4-2-14-32-18-19)26(24)29-35-39-41(36-29)23-10-11-25(48(31,45)46)27(28-33-37-38-34-28)22(23)6-3-15-40-16-12-21(42)13-17-40/h1-2,4-5,7,10-11,14,18H,12-13,15-17H2,(H2,30,43,44)(H2,31,45,46)(H,33,34,37,38). The summed E-state index contributed by atoms with van der Waals surface area (Å²) >= 11 is 0. The number of nitrogens with one attached hydrogen (secondary N) is 1. The van der Waals surface area contributed by atoms with E-state index in [1.54, 1.807) is 30.6 Å². The number of Topliss-reactive ketones (excluding diaryl/α,β-unsaturated/α-hetero) is 1. The number of nitrogens with zero attached hydrogens (tertiary/aromatic N) is 9. The van der Waals surface area contributed by atoms with Crippen molar-refractivity contribution in [1.82, 2.24) is 50.7 Å². The molecule has 48 heavy (non-hydrogen) atoms. The van der Waals surface area contributed by atoms with E-state index in [2.05, 4.69) is 64.7 Å². The third-order valence-corrected chi connectivity index (χ3v) is 9.05.